The van der Waals surface area contributed by atoms with Gasteiger partial charge in [0.2, 0.25) is 0 Å². The van der Waals surface area contributed by atoms with E-state index in [1.165, 1.54) is 6.07 Å². The van der Waals surface area contributed by atoms with Gasteiger partial charge >= 0.3 is 0 Å². The Hall–Kier alpha value is -2.64. The highest BCUT2D eigenvalue weighted by Crippen LogP contribution is 2.32. The van der Waals surface area contributed by atoms with Gasteiger partial charge in [0, 0.05) is 29.6 Å². The van der Waals surface area contributed by atoms with E-state index in [9.17, 15) is 18.7 Å². The topological polar surface area (TPSA) is 65.6 Å². The van der Waals surface area contributed by atoms with Gasteiger partial charge in [0.05, 0.1) is 5.52 Å². The minimum atomic E-state index is -1.17. The smallest absolute Gasteiger partial charge is 0.252 e. The van der Waals surface area contributed by atoms with Crippen LogP contribution in [0.25, 0.3) is 10.9 Å². The molecule has 0 spiro atoms. The maximum Gasteiger partial charge on any atom is 0.252 e. The van der Waals surface area contributed by atoms with Crippen LogP contribution in [-0.4, -0.2) is 35.4 Å². The van der Waals surface area contributed by atoms with Gasteiger partial charge in [-0.2, -0.15) is 0 Å². The lowest BCUT2D eigenvalue weighted by molar-refractivity contribution is -0.0239. The number of aromatic amines is 1. The van der Waals surface area contributed by atoms with Gasteiger partial charge in [-0.25, -0.2) is 8.78 Å². The van der Waals surface area contributed by atoms with Crippen molar-refractivity contribution in [2.75, 3.05) is 24.6 Å². The zero-order valence-electron chi connectivity index (χ0n) is 15.4. The average Bonchev–Trinajstić information content (AvgIpc) is 2.67. The van der Waals surface area contributed by atoms with Crippen molar-refractivity contribution >= 4 is 28.2 Å². The van der Waals surface area contributed by atoms with Crippen LogP contribution in [-0.2, 0) is 0 Å². The number of hydrogen-bond donors (Lipinski definition) is 2. The zero-order chi connectivity index (χ0) is 20.6. The van der Waals surface area contributed by atoms with Crippen molar-refractivity contribution in [3.8, 4) is 5.75 Å². The number of pyridine rings is 1. The molecule has 1 fully saturated rings. The number of ether oxygens (including phenoxy) is 1. The summed E-state index contributed by atoms with van der Waals surface area (Å²) in [5.41, 5.74) is -0.961. The lowest BCUT2D eigenvalue weighted by Crippen LogP contribution is -2.48. The van der Waals surface area contributed by atoms with Crippen molar-refractivity contribution in [3.05, 3.63) is 69.5 Å². The number of aliphatic hydroxyl groups is 1. The van der Waals surface area contributed by atoms with Crippen molar-refractivity contribution in [1.82, 2.24) is 4.98 Å². The third kappa shape index (κ3) is 4.06. The number of nitrogens with zero attached hydrogens (tertiary/aromatic N) is 1. The lowest BCUT2D eigenvalue weighted by atomic mass is 9.92. The molecule has 2 N–H and O–H groups in total. The number of aromatic nitrogens is 1. The van der Waals surface area contributed by atoms with Crippen molar-refractivity contribution in [2.45, 2.75) is 18.4 Å². The van der Waals surface area contributed by atoms with Gasteiger partial charge < -0.3 is 19.7 Å². The maximum absolute atomic E-state index is 14.2. The summed E-state index contributed by atoms with van der Waals surface area (Å²) >= 11 is 5.68. The molecule has 4 rings (SSSR count). The molecule has 0 aliphatic carbocycles. The van der Waals surface area contributed by atoms with Crippen LogP contribution in [0.2, 0.25) is 5.02 Å². The minimum Gasteiger partial charge on any atom is -0.490 e. The molecule has 0 amide bonds. The van der Waals surface area contributed by atoms with Gasteiger partial charge in [0.1, 0.15) is 23.6 Å². The fourth-order valence-corrected chi connectivity index (χ4v) is 3.82. The Balaban J connectivity index is 1.47. The minimum absolute atomic E-state index is 0.00395. The second-order valence-electron chi connectivity index (χ2n) is 7.26. The summed E-state index contributed by atoms with van der Waals surface area (Å²) in [5.74, 6) is -1.08. The summed E-state index contributed by atoms with van der Waals surface area (Å²) in [7, 11) is 0. The van der Waals surface area contributed by atoms with Crippen LogP contribution in [0.4, 0.5) is 14.5 Å². The third-order valence-electron chi connectivity index (χ3n) is 5.20. The molecule has 1 aromatic heterocycles. The molecule has 29 heavy (non-hydrogen) atoms. The van der Waals surface area contributed by atoms with Crippen LogP contribution in [0.5, 0.6) is 5.75 Å². The SMILES string of the molecule is O=c1cc(OCC2(O)CCN(c3c(F)cc(Cl)cc3F)CC2)c2ccccc2[nH]1. The van der Waals surface area contributed by atoms with E-state index in [2.05, 4.69) is 4.98 Å². The number of benzene rings is 2. The first kappa shape index (κ1) is 19.7. The van der Waals surface area contributed by atoms with Crippen molar-refractivity contribution in [2.24, 2.45) is 0 Å². The molecule has 8 heteroatoms. The predicted octanol–water partition coefficient (Wildman–Crippen LogP) is 3.87. The largest absolute Gasteiger partial charge is 0.490 e. The number of H-pyrrole nitrogens is 1. The summed E-state index contributed by atoms with van der Waals surface area (Å²) in [6.45, 7) is 0.483. The normalized spacial score (nSPS) is 16.2. The number of halogens is 3. The van der Waals surface area contributed by atoms with Crippen molar-refractivity contribution in [3.63, 3.8) is 0 Å². The van der Waals surface area contributed by atoms with Gasteiger partial charge in [-0.1, -0.05) is 23.7 Å². The second-order valence-corrected chi connectivity index (χ2v) is 7.70. The summed E-state index contributed by atoms with van der Waals surface area (Å²) in [4.78, 5) is 16.1. The van der Waals surface area contributed by atoms with Crippen LogP contribution in [0.15, 0.2) is 47.3 Å². The van der Waals surface area contributed by atoms with E-state index in [4.69, 9.17) is 16.3 Å². The van der Waals surface area contributed by atoms with Crippen LogP contribution in [0, 0.1) is 11.6 Å². The molecule has 0 bridgehead atoms. The molecule has 1 saturated heterocycles. The highest BCUT2D eigenvalue weighted by atomic mass is 35.5. The molecule has 1 aliphatic heterocycles. The van der Waals surface area contributed by atoms with E-state index in [-0.39, 0.29) is 48.8 Å². The Morgan fingerprint density at radius 3 is 2.48 bits per heavy atom. The third-order valence-corrected chi connectivity index (χ3v) is 5.42. The van der Waals surface area contributed by atoms with Crippen LogP contribution < -0.4 is 15.2 Å². The Morgan fingerprint density at radius 1 is 1.14 bits per heavy atom. The number of para-hydroxylation sites is 1. The van der Waals surface area contributed by atoms with E-state index in [1.807, 2.05) is 12.1 Å². The van der Waals surface area contributed by atoms with E-state index >= 15 is 0 Å². The number of piperidine rings is 1. The lowest BCUT2D eigenvalue weighted by Gasteiger charge is -2.39. The van der Waals surface area contributed by atoms with Crippen LogP contribution >= 0.6 is 11.6 Å². The predicted molar refractivity (Wildman–Crippen MR) is 108 cm³/mol. The molecule has 0 saturated carbocycles. The van der Waals surface area contributed by atoms with Crippen LogP contribution in [0.3, 0.4) is 0 Å². The highest BCUT2D eigenvalue weighted by molar-refractivity contribution is 6.30. The summed E-state index contributed by atoms with van der Waals surface area (Å²) in [6, 6.07) is 10.7. The van der Waals surface area contributed by atoms with E-state index < -0.39 is 17.2 Å². The molecule has 2 aromatic carbocycles. The number of rotatable bonds is 4. The number of fused-ring (bicyclic) bond motifs is 1. The fourth-order valence-electron chi connectivity index (χ4n) is 3.63. The van der Waals surface area contributed by atoms with Crippen LogP contribution in [0.1, 0.15) is 12.8 Å². The van der Waals surface area contributed by atoms with Gasteiger partial charge in [0.25, 0.3) is 5.56 Å². The second kappa shape index (κ2) is 7.65. The summed E-state index contributed by atoms with van der Waals surface area (Å²) in [6.07, 6.45) is 0.519. The molecular weight excluding hydrogens is 402 g/mol. The summed E-state index contributed by atoms with van der Waals surface area (Å²) in [5, 5.41) is 11.6. The molecule has 0 unspecified atom stereocenters. The Kier molecular flexibility index (Phi) is 5.19. The first-order valence-electron chi connectivity index (χ1n) is 9.21. The number of nitrogens with one attached hydrogen (secondary N) is 1. The van der Waals surface area contributed by atoms with Crippen molar-refractivity contribution in [1.29, 1.82) is 0 Å². The molecule has 2 heterocycles. The molecule has 1 aliphatic rings. The summed E-state index contributed by atoms with van der Waals surface area (Å²) < 4.78 is 34.1. The Morgan fingerprint density at radius 2 is 1.79 bits per heavy atom. The molecule has 152 valence electrons. The van der Waals surface area contributed by atoms with Crippen molar-refractivity contribution < 1.29 is 18.6 Å². The van der Waals surface area contributed by atoms with Gasteiger partial charge in [-0.15, -0.1) is 0 Å². The van der Waals surface area contributed by atoms with Gasteiger partial charge in [0.15, 0.2) is 11.6 Å². The molecule has 5 nitrogen and oxygen atoms in total. The van der Waals surface area contributed by atoms with Gasteiger partial charge in [-0.3, -0.25) is 4.79 Å². The maximum atomic E-state index is 14.2. The Labute approximate surface area is 170 Å². The number of hydrogen-bond acceptors (Lipinski definition) is 4. The van der Waals surface area contributed by atoms with E-state index in [0.717, 1.165) is 17.5 Å². The molecular formula is C21H19ClF2N2O3. The molecule has 3 aromatic rings. The monoisotopic (exact) mass is 420 g/mol. The van der Waals surface area contributed by atoms with Gasteiger partial charge in [-0.05, 0) is 37.1 Å². The van der Waals surface area contributed by atoms with E-state index in [0.29, 0.717) is 11.3 Å². The standard InChI is InChI=1S/C21H19ClF2N2O3/c22-13-9-15(23)20(16(24)10-13)26-7-5-21(28,6-8-26)12-29-18-11-19(27)25-17-4-2-1-3-14(17)18/h1-4,9-11,28H,5-8,12H2,(H,25,27). The van der Waals surface area contributed by atoms with E-state index in [1.54, 1.807) is 17.0 Å². The molecule has 0 atom stereocenters. The zero-order valence-corrected chi connectivity index (χ0v) is 16.2. The highest BCUT2D eigenvalue weighted by Gasteiger charge is 2.35. The first-order valence-corrected chi connectivity index (χ1v) is 9.59. The number of anilines is 1. The first-order chi connectivity index (χ1) is 13.8. The average molecular weight is 421 g/mol. The fraction of sp³-hybridized carbons (Fsp3) is 0.286. The quantitative estimate of drug-likeness (QED) is 0.672. The Bertz CT molecular complexity index is 1090. The molecule has 0 radical (unpaired) electrons.